The molecule has 0 aromatic heterocycles. The molecule has 1 heterocycles. The summed E-state index contributed by atoms with van der Waals surface area (Å²) in [6.07, 6.45) is 1.61. The van der Waals surface area contributed by atoms with Crippen LogP contribution in [-0.4, -0.2) is 36.6 Å². The molecule has 3 nitrogen and oxygen atoms in total. The highest BCUT2D eigenvalue weighted by Gasteiger charge is 2.40. The normalized spacial score (nSPS) is 20.2. The second kappa shape index (κ2) is 6.84. The van der Waals surface area contributed by atoms with Crippen LogP contribution in [-0.2, 0) is 15.9 Å². The van der Waals surface area contributed by atoms with Crippen LogP contribution in [0.2, 0.25) is 0 Å². The number of ether oxygens (including phenoxy) is 2. The van der Waals surface area contributed by atoms with Gasteiger partial charge >= 0.3 is 0 Å². The minimum atomic E-state index is -0.505. The molecule has 1 fully saturated rings. The van der Waals surface area contributed by atoms with Gasteiger partial charge in [-0.2, -0.15) is 0 Å². The molecular weight excluding hydrogens is 308 g/mol. The van der Waals surface area contributed by atoms with Crippen LogP contribution in [0.1, 0.15) is 25.3 Å². The summed E-state index contributed by atoms with van der Waals surface area (Å²) >= 11 is 3.53. The first-order valence-electron chi connectivity index (χ1n) is 6.81. The molecule has 1 aromatic carbocycles. The Hall–Kier alpha value is -0.420. The van der Waals surface area contributed by atoms with Crippen LogP contribution in [0, 0.1) is 0 Å². The first-order valence-corrected chi connectivity index (χ1v) is 7.60. The molecule has 1 unspecified atom stereocenters. The van der Waals surface area contributed by atoms with Crippen LogP contribution in [0.3, 0.4) is 0 Å². The van der Waals surface area contributed by atoms with E-state index < -0.39 is 11.7 Å². The lowest BCUT2D eigenvalue weighted by Crippen LogP contribution is -2.50. The maximum atomic E-state index is 10.6. The number of benzene rings is 1. The van der Waals surface area contributed by atoms with Crippen molar-refractivity contribution in [2.24, 2.45) is 0 Å². The van der Waals surface area contributed by atoms with Crippen molar-refractivity contribution in [2.75, 3.05) is 19.8 Å². The Morgan fingerprint density at radius 1 is 1.37 bits per heavy atom. The highest BCUT2D eigenvalue weighted by atomic mass is 79.9. The molecule has 0 radical (unpaired) electrons. The number of hydrogen-bond acceptors (Lipinski definition) is 3. The quantitative estimate of drug-likeness (QED) is 0.903. The fourth-order valence-corrected chi connectivity index (χ4v) is 3.08. The predicted octanol–water partition coefficient (Wildman–Crippen LogP) is 2.94. The van der Waals surface area contributed by atoms with Crippen molar-refractivity contribution in [3.63, 3.8) is 0 Å². The molecule has 19 heavy (non-hydrogen) atoms. The molecule has 0 bridgehead atoms. The minimum absolute atomic E-state index is 0.456. The van der Waals surface area contributed by atoms with Crippen molar-refractivity contribution in [3.8, 4) is 0 Å². The molecule has 1 aliphatic heterocycles. The van der Waals surface area contributed by atoms with E-state index in [1.807, 2.05) is 31.2 Å². The molecule has 0 spiro atoms. The number of rotatable bonds is 5. The summed E-state index contributed by atoms with van der Waals surface area (Å²) in [6, 6.07) is 8.00. The molecule has 1 aliphatic rings. The molecular formula is C15H21BrO3. The first kappa shape index (κ1) is 15.0. The maximum absolute atomic E-state index is 10.6. The molecule has 1 N–H and O–H groups in total. The van der Waals surface area contributed by atoms with E-state index in [1.165, 1.54) is 0 Å². The van der Waals surface area contributed by atoms with Gasteiger partial charge < -0.3 is 14.6 Å². The average Bonchev–Trinajstić information content (AvgIpc) is 2.42. The molecule has 1 atom stereocenters. The van der Waals surface area contributed by atoms with Gasteiger partial charge in [-0.25, -0.2) is 0 Å². The molecule has 0 amide bonds. The monoisotopic (exact) mass is 328 g/mol. The Bertz CT molecular complexity index is 397. The fraction of sp³-hybridized carbons (Fsp3) is 0.600. The van der Waals surface area contributed by atoms with Crippen LogP contribution in [0.5, 0.6) is 0 Å². The molecule has 0 saturated carbocycles. The highest BCUT2D eigenvalue weighted by Crippen LogP contribution is 2.32. The lowest BCUT2D eigenvalue weighted by molar-refractivity contribution is -0.165. The van der Waals surface area contributed by atoms with Crippen LogP contribution in [0.15, 0.2) is 28.7 Å². The van der Waals surface area contributed by atoms with E-state index in [2.05, 4.69) is 15.9 Å². The Balaban J connectivity index is 2.11. The topological polar surface area (TPSA) is 38.7 Å². The predicted molar refractivity (Wildman–Crippen MR) is 78.3 cm³/mol. The van der Waals surface area contributed by atoms with E-state index in [0.29, 0.717) is 26.2 Å². The standard InChI is InChI=1S/C15H21BrO3/c1-2-19-15(7-9-18-10-8-15)14(17)11-12-5-3-4-6-13(12)16/h3-6,14,17H,2,7-11H2,1H3. The van der Waals surface area contributed by atoms with Crippen molar-refractivity contribution in [3.05, 3.63) is 34.3 Å². The van der Waals surface area contributed by atoms with E-state index in [-0.39, 0.29) is 0 Å². The summed E-state index contributed by atoms with van der Waals surface area (Å²) in [5.41, 5.74) is 0.656. The zero-order valence-electron chi connectivity index (χ0n) is 11.3. The third-order valence-corrected chi connectivity index (χ3v) is 4.52. The van der Waals surface area contributed by atoms with E-state index in [0.717, 1.165) is 22.9 Å². The second-order valence-corrected chi connectivity index (χ2v) is 5.78. The van der Waals surface area contributed by atoms with Gasteiger partial charge in [0.1, 0.15) is 0 Å². The molecule has 4 heteroatoms. The Labute approximate surface area is 123 Å². The van der Waals surface area contributed by atoms with Gasteiger partial charge in [-0.1, -0.05) is 34.1 Å². The molecule has 0 aliphatic carbocycles. The van der Waals surface area contributed by atoms with Gasteiger partial charge in [-0.15, -0.1) is 0 Å². The smallest absolute Gasteiger partial charge is 0.0987 e. The molecule has 2 rings (SSSR count). The Kier molecular flexibility index (Phi) is 5.39. The van der Waals surface area contributed by atoms with Crippen LogP contribution in [0.25, 0.3) is 0 Å². The Morgan fingerprint density at radius 3 is 2.68 bits per heavy atom. The summed E-state index contributed by atoms with van der Waals surface area (Å²) in [6.45, 7) is 3.91. The van der Waals surface area contributed by atoms with Gasteiger partial charge in [-0.05, 0) is 18.6 Å². The zero-order valence-corrected chi connectivity index (χ0v) is 12.9. The fourth-order valence-electron chi connectivity index (χ4n) is 2.64. The Morgan fingerprint density at radius 2 is 2.05 bits per heavy atom. The summed E-state index contributed by atoms with van der Waals surface area (Å²) < 4.78 is 12.3. The summed E-state index contributed by atoms with van der Waals surface area (Å²) in [5.74, 6) is 0. The van der Waals surface area contributed by atoms with Gasteiger partial charge in [-0.3, -0.25) is 0 Å². The SMILES string of the molecule is CCOC1(C(O)Cc2ccccc2Br)CCOCC1. The minimum Gasteiger partial charge on any atom is -0.390 e. The molecule has 1 saturated heterocycles. The second-order valence-electron chi connectivity index (χ2n) is 4.92. The summed E-state index contributed by atoms with van der Waals surface area (Å²) in [7, 11) is 0. The third-order valence-electron chi connectivity index (χ3n) is 3.75. The largest absolute Gasteiger partial charge is 0.390 e. The van der Waals surface area contributed by atoms with E-state index in [9.17, 15) is 5.11 Å². The van der Waals surface area contributed by atoms with E-state index in [1.54, 1.807) is 0 Å². The van der Waals surface area contributed by atoms with Crippen LogP contribution < -0.4 is 0 Å². The van der Waals surface area contributed by atoms with Crippen molar-refractivity contribution < 1.29 is 14.6 Å². The lowest BCUT2D eigenvalue weighted by atomic mass is 9.84. The summed E-state index contributed by atoms with van der Waals surface area (Å²) in [5, 5.41) is 10.6. The average molecular weight is 329 g/mol. The van der Waals surface area contributed by atoms with Gasteiger partial charge in [0, 0.05) is 43.6 Å². The number of halogens is 1. The number of hydrogen-bond donors (Lipinski definition) is 1. The van der Waals surface area contributed by atoms with Crippen molar-refractivity contribution in [2.45, 2.75) is 37.9 Å². The van der Waals surface area contributed by atoms with Gasteiger partial charge in [0.2, 0.25) is 0 Å². The van der Waals surface area contributed by atoms with E-state index >= 15 is 0 Å². The summed E-state index contributed by atoms with van der Waals surface area (Å²) in [4.78, 5) is 0. The van der Waals surface area contributed by atoms with Crippen molar-refractivity contribution in [1.29, 1.82) is 0 Å². The first-order chi connectivity index (χ1) is 9.18. The van der Waals surface area contributed by atoms with E-state index in [4.69, 9.17) is 9.47 Å². The van der Waals surface area contributed by atoms with Crippen molar-refractivity contribution >= 4 is 15.9 Å². The third kappa shape index (κ3) is 3.57. The zero-order chi connectivity index (χ0) is 13.7. The van der Waals surface area contributed by atoms with Gasteiger partial charge in [0.25, 0.3) is 0 Å². The van der Waals surface area contributed by atoms with Crippen LogP contribution >= 0.6 is 15.9 Å². The maximum Gasteiger partial charge on any atom is 0.0987 e. The number of aliphatic hydroxyl groups excluding tert-OH is 1. The van der Waals surface area contributed by atoms with Gasteiger partial charge in [0.15, 0.2) is 0 Å². The highest BCUT2D eigenvalue weighted by molar-refractivity contribution is 9.10. The molecule has 1 aromatic rings. The molecule has 106 valence electrons. The van der Waals surface area contributed by atoms with Crippen LogP contribution in [0.4, 0.5) is 0 Å². The lowest BCUT2D eigenvalue weighted by Gasteiger charge is -2.40. The number of aliphatic hydroxyl groups is 1. The van der Waals surface area contributed by atoms with Crippen molar-refractivity contribution in [1.82, 2.24) is 0 Å². The van der Waals surface area contributed by atoms with Gasteiger partial charge in [0.05, 0.1) is 11.7 Å².